The number of rotatable bonds is 5. The van der Waals surface area contributed by atoms with Crippen molar-refractivity contribution < 1.29 is 29.6 Å². The van der Waals surface area contributed by atoms with E-state index in [9.17, 15) is 25.4 Å². The van der Waals surface area contributed by atoms with Gasteiger partial charge in [0.05, 0.1) is 37.5 Å². The van der Waals surface area contributed by atoms with Crippen LogP contribution in [0.1, 0.15) is 34.7 Å². The first-order valence-electron chi connectivity index (χ1n) is 10.8. The van der Waals surface area contributed by atoms with E-state index < -0.39 is 41.5 Å². The molecule has 1 saturated carbocycles. The second kappa shape index (κ2) is 7.83. The zero-order valence-electron chi connectivity index (χ0n) is 18.3. The number of methoxy groups -OCH3 is 1. The van der Waals surface area contributed by atoms with Crippen molar-refractivity contribution in [1.29, 1.82) is 5.26 Å². The molecule has 2 aliphatic rings. The lowest BCUT2D eigenvalue weighted by Crippen LogP contribution is -2.52. The Balaban J connectivity index is 1.83. The first-order chi connectivity index (χ1) is 16.4. The molecule has 3 N–H and O–H groups in total. The van der Waals surface area contributed by atoms with Crippen LogP contribution in [0.15, 0.2) is 66.9 Å². The van der Waals surface area contributed by atoms with Gasteiger partial charge in [-0.15, -0.1) is 0 Å². The van der Waals surface area contributed by atoms with E-state index in [1.54, 1.807) is 30.3 Å². The van der Waals surface area contributed by atoms with Crippen LogP contribution >= 0.6 is 0 Å². The van der Waals surface area contributed by atoms with Crippen molar-refractivity contribution >= 4 is 5.97 Å². The number of aliphatic hydroxyl groups is 2. The van der Waals surface area contributed by atoms with Crippen molar-refractivity contribution in [2.45, 2.75) is 29.6 Å². The van der Waals surface area contributed by atoms with Crippen LogP contribution in [0.4, 0.5) is 0 Å². The Morgan fingerprint density at radius 3 is 2.53 bits per heavy atom. The number of fused-ring (bicyclic) bond motifs is 3. The van der Waals surface area contributed by atoms with E-state index in [1.165, 1.54) is 13.3 Å². The fraction of sp³-hybridized carbons (Fsp3) is 0.269. The summed E-state index contributed by atoms with van der Waals surface area (Å²) < 4.78 is 11.8. The van der Waals surface area contributed by atoms with Gasteiger partial charge in [-0.05, 0) is 23.3 Å². The normalized spacial score (nSPS) is 28.9. The fourth-order valence-electron chi connectivity index (χ4n) is 5.61. The van der Waals surface area contributed by atoms with Crippen molar-refractivity contribution in [1.82, 2.24) is 4.98 Å². The molecule has 3 aromatic rings. The van der Waals surface area contributed by atoms with Gasteiger partial charge in [0.1, 0.15) is 17.2 Å². The molecule has 1 fully saturated rings. The maximum absolute atomic E-state index is 12.3. The lowest BCUT2D eigenvalue weighted by Gasteiger charge is -2.40. The summed E-state index contributed by atoms with van der Waals surface area (Å²) in [7, 11) is 1.48. The lowest BCUT2D eigenvalue weighted by atomic mass is 9.71. The summed E-state index contributed by atoms with van der Waals surface area (Å²) >= 11 is 0. The van der Waals surface area contributed by atoms with Crippen LogP contribution in [0.25, 0.3) is 0 Å². The van der Waals surface area contributed by atoms with Crippen LogP contribution in [0.5, 0.6) is 11.5 Å². The average Bonchev–Trinajstić information content (AvgIpc) is 3.22. The predicted molar refractivity (Wildman–Crippen MR) is 119 cm³/mol. The lowest BCUT2D eigenvalue weighted by molar-refractivity contribution is -0.155. The van der Waals surface area contributed by atoms with Gasteiger partial charge >= 0.3 is 5.97 Å². The molecule has 8 heteroatoms. The monoisotopic (exact) mass is 458 g/mol. The van der Waals surface area contributed by atoms with Gasteiger partial charge in [0, 0.05) is 17.9 Å². The van der Waals surface area contributed by atoms with Crippen LogP contribution in [0.2, 0.25) is 0 Å². The molecule has 1 aliphatic carbocycles. The van der Waals surface area contributed by atoms with Gasteiger partial charge in [0.2, 0.25) is 0 Å². The smallest absolute Gasteiger partial charge is 0.303 e. The molecule has 1 aromatic heterocycles. The highest BCUT2D eigenvalue weighted by atomic mass is 16.5. The molecule has 0 saturated heterocycles. The van der Waals surface area contributed by atoms with Crippen LogP contribution in [-0.4, -0.2) is 39.5 Å². The zero-order valence-corrected chi connectivity index (χ0v) is 18.3. The Morgan fingerprint density at radius 2 is 1.91 bits per heavy atom. The number of ether oxygens (including phenoxy) is 2. The van der Waals surface area contributed by atoms with Gasteiger partial charge in [-0.2, -0.15) is 5.26 Å². The maximum atomic E-state index is 12.3. The third-order valence-electron chi connectivity index (χ3n) is 6.97. The number of aliphatic hydroxyl groups excluding tert-OH is 1. The summed E-state index contributed by atoms with van der Waals surface area (Å²) in [5.41, 5.74) is -1.96. The van der Waals surface area contributed by atoms with E-state index in [0.717, 1.165) is 0 Å². The largest absolute Gasteiger partial charge is 0.495 e. The minimum Gasteiger partial charge on any atom is -0.495 e. The number of aliphatic carboxylic acids is 1. The van der Waals surface area contributed by atoms with E-state index in [-0.39, 0.29) is 11.4 Å². The van der Waals surface area contributed by atoms with Gasteiger partial charge in [-0.25, -0.2) is 0 Å². The van der Waals surface area contributed by atoms with Gasteiger partial charge in [0.15, 0.2) is 11.2 Å². The summed E-state index contributed by atoms with van der Waals surface area (Å²) in [6, 6.07) is 19.3. The Morgan fingerprint density at radius 1 is 1.21 bits per heavy atom. The molecular weight excluding hydrogens is 436 g/mol. The molecule has 34 heavy (non-hydrogen) atoms. The van der Waals surface area contributed by atoms with Gasteiger partial charge in [-0.1, -0.05) is 42.5 Å². The molecule has 8 nitrogen and oxygen atoms in total. The summed E-state index contributed by atoms with van der Waals surface area (Å²) in [5.74, 6) is -2.10. The number of carboxylic acids is 1. The second-order valence-electron chi connectivity index (χ2n) is 8.61. The van der Waals surface area contributed by atoms with E-state index >= 15 is 0 Å². The van der Waals surface area contributed by atoms with Gasteiger partial charge < -0.3 is 24.8 Å². The topological polar surface area (TPSA) is 133 Å². The van der Waals surface area contributed by atoms with Crippen molar-refractivity contribution in [2.24, 2.45) is 5.92 Å². The Labute approximate surface area is 195 Å². The third kappa shape index (κ3) is 2.84. The molecule has 0 spiro atoms. The first kappa shape index (κ1) is 21.9. The van der Waals surface area contributed by atoms with Crippen molar-refractivity contribution in [3.63, 3.8) is 0 Å². The predicted octanol–water partition coefficient (Wildman–Crippen LogP) is 2.69. The Bertz CT molecular complexity index is 1290. The molecule has 2 aromatic carbocycles. The van der Waals surface area contributed by atoms with Crippen LogP contribution in [0, 0.1) is 17.2 Å². The average molecular weight is 458 g/mol. The number of pyridine rings is 1. The Hall–Kier alpha value is -3.93. The Kier molecular flexibility index (Phi) is 5.04. The zero-order chi connectivity index (χ0) is 24.1. The fourth-order valence-corrected chi connectivity index (χ4v) is 5.61. The van der Waals surface area contributed by atoms with E-state index in [4.69, 9.17) is 9.47 Å². The van der Waals surface area contributed by atoms with E-state index in [1.807, 2.05) is 30.3 Å². The maximum Gasteiger partial charge on any atom is 0.303 e. The SMILES string of the molecule is COc1cnc2c(c1)O[C@@]1(c3ccc(C#N)cc3)[C@H](c3ccccc3)[C@@H](CC(=O)O)[C@@H](O)[C@@]21O. The van der Waals surface area contributed by atoms with Crippen LogP contribution in [-0.2, 0) is 16.0 Å². The number of carboxylic acid groups (broad SMARTS) is 1. The van der Waals surface area contributed by atoms with Crippen molar-refractivity contribution in [3.05, 3.63) is 89.2 Å². The summed E-state index contributed by atoms with van der Waals surface area (Å²) in [4.78, 5) is 16.2. The number of hydrogen-bond acceptors (Lipinski definition) is 7. The van der Waals surface area contributed by atoms with Crippen LogP contribution < -0.4 is 9.47 Å². The van der Waals surface area contributed by atoms with Crippen molar-refractivity contribution in [2.75, 3.05) is 7.11 Å². The highest BCUT2D eigenvalue weighted by Gasteiger charge is 2.76. The molecule has 0 unspecified atom stereocenters. The summed E-state index contributed by atoms with van der Waals surface area (Å²) in [5, 5.41) is 42.9. The number of carbonyl (C=O) groups is 1. The summed E-state index contributed by atoms with van der Waals surface area (Å²) in [6.07, 6.45) is -0.480. The molecule has 1 aliphatic heterocycles. The highest BCUT2D eigenvalue weighted by molar-refractivity contribution is 5.68. The minimum atomic E-state index is -2.07. The number of nitriles is 1. The molecule has 0 radical (unpaired) electrons. The van der Waals surface area contributed by atoms with Gasteiger partial charge in [-0.3, -0.25) is 9.78 Å². The third-order valence-corrected chi connectivity index (χ3v) is 6.97. The molecule has 0 amide bonds. The minimum absolute atomic E-state index is 0.110. The van der Waals surface area contributed by atoms with Crippen molar-refractivity contribution in [3.8, 4) is 17.6 Å². The number of aromatic nitrogens is 1. The van der Waals surface area contributed by atoms with E-state index in [0.29, 0.717) is 22.4 Å². The number of hydrogen-bond donors (Lipinski definition) is 3. The molecule has 0 bridgehead atoms. The van der Waals surface area contributed by atoms with E-state index in [2.05, 4.69) is 11.1 Å². The molecular formula is C26H22N2O6. The van der Waals surface area contributed by atoms with Gasteiger partial charge in [0.25, 0.3) is 0 Å². The molecule has 5 rings (SSSR count). The number of benzene rings is 2. The standard InChI is InChI=1S/C26H22N2O6/c1-33-18-11-20-23(28-14-18)25(32)24(31)19(12-21(29)30)22(16-5-3-2-4-6-16)26(25,34-20)17-9-7-15(13-27)8-10-17/h2-11,14,19,22,24,31-32H,12H2,1H3,(H,29,30)/t19-,22-,24-,25+,26+/m1/s1. The first-order valence-corrected chi connectivity index (χ1v) is 10.8. The highest BCUT2D eigenvalue weighted by Crippen LogP contribution is 2.68. The van der Waals surface area contributed by atoms with Crippen LogP contribution in [0.3, 0.4) is 0 Å². The molecule has 172 valence electrons. The number of nitrogens with zero attached hydrogens (tertiary/aromatic N) is 2. The second-order valence-corrected chi connectivity index (χ2v) is 8.61. The summed E-state index contributed by atoms with van der Waals surface area (Å²) in [6.45, 7) is 0. The molecule has 5 atom stereocenters. The quantitative estimate of drug-likeness (QED) is 0.532. The molecule has 2 heterocycles.